The summed E-state index contributed by atoms with van der Waals surface area (Å²) >= 11 is 0. The molecule has 0 N–H and O–H groups in total. The molecular formula is C17H29NO3. The second-order valence-electron chi connectivity index (χ2n) is 8.54. The highest BCUT2D eigenvalue weighted by molar-refractivity contribution is 5.85. The van der Waals surface area contributed by atoms with E-state index in [0.717, 1.165) is 12.8 Å². The molecule has 1 aliphatic heterocycles. The summed E-state index contributed by atoms with van der Waals surface area (Å²) in [6.07, 6.45) is 2.16. The molecule has 1 amide bonds. The number of carbonyl (C=O) groups is 2. The molecule has 21 heavy (non-hydrogen) atoms. The van der Waals surface area contributed by atoms with Crippen molar-refractivity contribution in [3.8, 4) is 0 Å². The van der Waals surface area contributed by atoms with E-state index in [0.29, 0.717) is 31.2 Å². The molecule has 1 saturated carbocycles. The van der Waals surface area contributed by atoms with Crippen LogP contribution in [-0.2, 0) is 9.53 Å². The van der Waals surface area contributed by atoms with E-state index in [2.05, 4.69) is 20.8 Å². The minimum atomic E-state index is -0.462. The fourth-order valence-corrected chi connectivity index (χ4v) is 4.14. The van der Waals surface area contributed by atoms with Crippen molar-refractivity contribution in [3.05, 3.63) is 0 Å². The predicted octanol–water partition coefficient (Wildman–Crippen LogP) is 3.64. The van der Waals surface area contributed by atoms with Gasteiger partial charge in [-0.25, -0.2) is 4.79 Å². The van der Waals surface area contributed by atoms with Crippen molar-refractivity contribution in [2.24, 2.45) is 16.7 Å². The standard InChI is InChI=1S/C17H29NO3/c1-15(2,3)21-14(20)18-10-8-12-16(4,5)13(19)7-9-17(12,6)11-18/h12H,7-11H2,1-6H3. The van der Waals surface area contributed by atoms with E-state index in [4.69, 9.17) is 4.74 Å². The molecule has 2 atom stereocenters. The molecule has 2 fully saturated rings. The summed E-state index contributed by atoms with van der Waals surface area (Å²) in [5.74, 6) is 0.723. The molecular weight excluding hydrogens is 266 g/mol. The zero-order chi connectivity index (χ0) is 16.1. The van der Waals surface area contributed by atoms with Crippen molar-refractivity contribution in [1.82, 2.24) is 4.90 Å². The Morgan fingerprint density at radius 1 is 1.29 bits per heavy atom. The van der Waals surface area contributed by atoms with Gasteiger partial charge in [-0.15, -0.1) is 0 Å². The van der Waals surface area contributed by atoms with Crippen molar-refractivity contribution < 1.29 is 14.3 Å². The van der Waals surface area contributed by atoms with E-state index < -0.39 is 5.60 Å². The third-order valence-electron chi connectivity index (χ3n) is 5.25. The van der Waals surface area contributed by atoms with Crippen molar-refractivity contribution >= 4 is 11.9 Å². The molecule has 2 unspecified atom stereocenters. The number of piperidine rings is 1. The maximum Gasteiger partial charge on any atom is 0.410 e. The fraction of sp³-hybridized carbons (Fsp3) is 0.882. The van der Waals surface area contributed by atoms with Crippen LogP contribution in [0.1, 0.15) is 60.8 Å². The normalized spacial score (nSPS) is 32.6. The van der Waals surface area contributed by atoms with Gasteiger partial charge in [-0.2, -0.15) is 0 Å². The third-order valence-corrected chi connectivity index (χ3v) is 5.25. The van der Waals surface area contributed by atoms with Crippen LogP contribution in [0, 0.1) is 16.7 Å². The van der Waals surface area contributed by atoms with Crippen LogP contribution in [0.5, 0.6) is 0 Å². The Labute approximate surface area is 128 Å². The molecule has 2 aliphatic rings. The fourth-order valence-electron chi connectivity index (χ4n) is 4.14. The monoisotopic (exact) mass is 295 g/mol. The van der Waals surface area contributed by atoms with Gasteiger partial charge in [0.1, 0.15) is 11.4 Å². The number of hydrogen-bond acceptors (Lipinski definition) is 3. The van der Waals surface area contributed by atoms with E-state index in [-0.39, 0.29) is 16.9 Å². The SMILES string of the molecule is CC(C)(C)OC(=O)N1CCC2C(C)(CCC(=O)C2(C)C)C1. The maximum absolute atomic E-state index is 12.3. The summed E-state index contributed by atoms with van der Waals surface area (Å²) in [5, 5.41) is 0. The second-order valence-corrected chi connectivity index (χ2v) is 8.54. The van der Waals surface area contributed by atoms with E-state index >= 15 is 0 Å². The molecule has 1 heterocycles. The first-order valence-corrected chi connectivity index (χ1v) is 7.97. The lowest BCUT2D eigenvalue weighted by atomic mass is 9.53. The minimum absolute atomic E-state index is 0.0204. The molecule has 0 radical (unpaired) electrons. The number of fused-ring (bicyclic) bond motifs is 1. The van der Waals surface area contributed by atoms with Crippen molar-refractivity contribution in [2.75, 3.05) is 13.1 Å². The Bertz CT molecular complexity index is 449. The Morgan fingerprint density at radius 2 is 1.90 bits per heavy atom. The number of ketones is 1. The lowest BCUT2D eigenvalue weighted by Crippen LogP contribution is -2.58. The molecule has 0 aromatic carbocycles. The lowest BCUT2D eigenvalue weighted by molar-refractivity contribution is -0.144. The van der Waals surface area contributed by atoms with Crippen LogP contribution in [0.4, 0.5) is 4.79 Å². The number of likely N-dealkylation sites (tertiary alicyclic amines) is 1. The number of carbonyl (C=O) groups excluding carboxylic acids is 2. The van der Waals surface area contributed by atoms with Gasteiger partial charge in [0.05, 0.1) is 0 Å². The Balaban J connectivity index is 2.13. The predicted molar refractivity (Wildman–Crippen MR) is 82.0 cm³/mol. The first-order valence-electron chi connectivity index (χ1n) is 7.97. The number of ether oxygens (including phenoxy) is 1. The topological polar surface area (TPSA) is 46.6 Å². The molecule has 2 rings (SSSR count). The molecule has 1 saturated heterocycles. The highest BCUT2D eigenvalue weighted by Gasteiger charge is 2.53. The van der Waals surface area contributed by atoms with E-state index in [1.54, 1.807) is 0 Å². The van der Waals surface area contributed by atoms with Crippen molar-refractivity contribution in [3.63, 3.8) is 0 Å². The van der Waals surface area contributed by atoms with Crippen LogP contribution in [0.25, 0.3) is 0 Å². The van der Waals surface area contributed by atoms with Crippen molar-refractivity contribution in [1.29, 1.82) is 0 Å². The van der Waals surface area contributed by atoms with Gasteiger partial charge in [0.15, 0.2) is 0 Å². The Morgan fingerprint density at radius 3 is 2.48 bits per heavy atom. The molecule has 4 heteroatoms. The van der Waals surface area contributed by atoms with Crippen LogP contribution in [0.3, 0.4) is 0 Å². The smallest absolute Gasteiger partial charge is 0.410 e. The highest BCUT2D eigenvalue weighted by Crippen LogP contribution is 2.53. The Hall–Kier alpha value is -1.06. The van der Waals surface area contributed by atoms with Crippen molar-refractivity contribution in [2.45, 2.75) is 66.4 Å². The Kier molecular flexibility index (Phi) is 3.88. The molecule has 120 valence electrons. The summed E-state index contributed by atoms with van der Waals surface area (Å²) in [7, 11) is 0. The second kappa shape index (κ2) is 4.99. The van der Waals surface area contributed by atoms with E-state index in [1.165, 1.54) is 0 Å². The van der Waals surface area contributed by atoms with E-state index in [1.807, 2.05) is 25.7 Å². The average molecular weight is 295 g/mol. The summed E-state index contributed by atoms with van der Waals surface area (Å²) in [4.78, 5) is 26.3. The van der Waals surface area contributed by atoms with E-state index in [9.17, 15) is 9.59 Å². The van der Waals surface area contributed by atoms with Gasteiger partial charge >= 0.3 is 6.09 Å². The first-order chi connectivity index (χ1) is 9.46. The summed E-state index contributed by atoms with van der Waals surface area (Å²) in [6, 6.07) is 0. The summed E-state index contributed by atoms with van der Waals surface area (Å²) < 4.78 is 5.50. The van der Waals surface area contributed by atoms with Crippen LogP contribution >= 0.6 is 0 Å². The zero-order valence-corrected chi connectivity index (χ0v) is 14.3. The molecule has 0 aromatic rings. The number of hydrogen-bond donors (Lipinski definition) is 0. The molecule has 0 spiro atoms. The quantitative estimate of drug-likeness (QED) is 0.685. The van der Waals surface area contributed by atoms with Gasteiger partial charge in [-0.3, -0.25) is 4.79 Å². The lowest BCUT2D eigenvalue weighted by Gasteiger charge is -2.54. The number of nitrogens with zero attached hydrogens (tertiary/aromatic N) is 1. The number of rotatable bonds is 0. The third kappa shape index (κ3) is 3.09. The first kappa shape index (κ1) is 16.3. The van der Waals surface area contributed by atoms with Gasteiger partial charge in [0.2, 0.25) is 0 Å². The largest absolute Gasteiger partial charge is 0.444 e. The average Bonchev–Trinajstić information content (AvgIpc) is 2.32. The van der Waals surface area contributed by atoms with Crippen LogP contribution in [0.15, 0.2) is 0 Å². The van der Waals surface area contributed by atoms with Gasteiger partial charge in [-0.1, -0.05) is 20.8 Å². The molecule has 1 aliphatic carbocycles. The van der Waals surface area contributed by atoms with Gasteiger partial charge in [0.25, 0.3) is 0 Å². The summed E-state index contributed by atoms with van der Waals surface area (Å²) in [6.45, 7) is 13.4. The highest BCUT2D eigenvalue weighted by atomic mass is 16.6. The maximum atomic E-state index is 12.3. The number of amides is 1. The zero-order valence-electron chi connectivity index (χ0n) is 14.3. The van der Waals surface area contributed by atoms with Gasteiger partial charge in [-0.05, 0) is 44.9 Å². The van der Waals surface area contributed by atoms with Crippen LogP contribution < -0.4 is 0 Å². The molecule has 4 nitrogen and oxygen atoms in total. The van der Waals surface area contributed by atoms with Crippen LogP contribution in [0.2, 0.25) is 0 Å². The van der Waals surface area contributed by atoms with Crippen LogP contribution in [-0.4, -0.2) is 35.5 Å². The summed E-state index contributed by atoms with van der Waals surface area (Å²) in [5.41, 5.74) is -0.712. The molecule has 0 aromatic heterocycles. The number of Topliss-reactive ketones (excluding diaryl/α,β-unsaturated/α-hetero) is 1. The molecule has 0 bridgehead atoms. The minimum Gasteiger partial charge on any atom is -0.444 e. The van der Waals surface area contributed by atoms with Gasteiger partial charge in [0, 0.05) is 24.9 Å². The van der Waals surface area contributed by atoms with Gasteiger partial charge < -0.3 is 9.64 Å².